The molecule has 0 amide bonds. The summed E-state index contributed by atoms with van der Waals surface area (Å²) in [4.78, 5) is 6.69. The molecule has 17 heavy (non-hydrogen) atoms. The van der Waals surface area contributed by atoms with Gasteiger partial charge in [-0.25, -0.2) is 4.98 Å². The molecule has 1 heterocycles. The first-order valence-electron chi connectivity index (χ1n) is 6.42. The molecule has 0 bridgehead atoms. The van der Waals surface area contributed by atoms with E-state index in [0.29, 0.717) is 11.5 Å². The Hall–Kier alpha value is -1.25. The van der Waals surface area contributed by atoms with Gasteiger partial charge in [-0.1, -0.05) is 13.8 Å². The third-order valence-corrected chi connectivity index (χ3v) is 3.99. The van der Waals surface area contributed by atoms with Crippen molar-refractivity contribution in [1.29, 1.82) is 0 Å². The highest BCUT2D eigenvalue weighted by Crippen LogP contribution is 2.37. The quantitative estimate of drug-likeness (QED) is 0.853. The van der Waals surface area contributed by atoms with Gasteiger partial charge in [0.1, 0.15) is 5.82 Å². The number of pyridine rings is 1. The molecule has 1 fully saturated rings. The van der Waals surface area contributed by atoms with Crippen LogP contribution in [0.3, 0.4) is 0 Å². The number of nitrogens with zero attached hydrogens (tertiary/aromatic N) is 2. The van der Waals surface area contributed by atoms with Crippen LogP contribution < -0.4 is 10.6 Å². The van der Waals surface area contributed by atoms with Crippen LogP contribution in [-0.2, 0) is 0 Å². The monoisotopic (exact) mass is 233 g/mol. The molecule has 0 aromatic carbocycles. The van der Waals surface area contributed by atoms with E-state index in [2.05, 4.69) is 30.8 Å². The molecule has 0 spiro atoms. The van der Waals surface area contributed by atoms with Crippen LogP contribution in [-0.4, -0.2) is 18.1 Å². The summed E-state index contributed by atoms with van der Waals surface area (Å²) >= 11 is 0. The van der Waals surface area contributed by atoms with E-state index in [9.17, 15) is 0 Å². The molecule has 0 aliphatic heterocycles. The van der Waals surface area contributed by atoms with Gasteiger partial charge in [0.05, 0.1) is 11.9 Å². The van der Waals surface area contributed by atoms with Crippen LogP contribution in [0, 0.1) is 5.41 Å². The SMILES string of the molecule is CN(c1ccc(N)cn1)C1CCC(C)(C)CC1. The molecule has 3 heteroatoms. The van der Waals surface area contributed by atoms with Crippen molar-refractivity contribution in [3.63, 3.8) is 0 Å². The predicted octanol–water partition coefficient (Wildman–Crippen LogP) is 3.07. The lowest BCUT2D eigenvalue weighted by atomic mass is 9.75. The van der Waals surface area contributed by atoms with Crippen LogP contribution in [0.15, 0.2) is 18.3 Å². The van der Waals surface area contributed by atoms with Gasteiger partial charge in [0.25, 0.3) is 0 Å². The van der Waals surface area contributed by atoms with Crippen molar-refractivity contribution in [2.45, 2.75) is 45.6 Å². The highest BCUT2D eigenvalue weighted by atomic mass is 15.2. The van der Waals surface area contributed by atoms with Crippen molar-refractivity contribution in [2.75, 3.05) is 17.7 Å². The Morgan fingerprint density at radius 2 is 1.94 bits per heavy atom. The molecule has 1 aromatic heterocycles. The first kappa shape index (κ1) is 12.2. The average Bonchev–Trinajstić information content (AvgIpc) is 2.29. The van der Waals surface area contributed by atoms with Crippen LogP contribution in [0.25, 0.3) is 0 Å². The second-order valence-corrected chi connectivity index (χ2v) is 5.96. The third-order valence-electron chi connectivity index (χ3n) is 3.99. The molecule has 1 aliphatic rings. The van der Waals surface area contributed by atoms with Crippen LogP contribution >= 0.6 is 0 Å². The molecule has 3 nitrogen and oxygen atoms in total. The van der Waals surface area contributed by atoms with Gasteiger partial charge < -0.3 is 10.6 Å². The van der Waals surface area contributed by atoms with E-state index in [4.69, 9.17) is 5.73 Å². The lowest BCUT2D eigenvalue weighted by molar-refractivity contribution is 0.222. The number of hydrogen-bond acceptors (Lipinski definition) is 3. The molecule has 2 N–H and O–H groups in total. The van der Waals surface area contributed by atoms with Crippen molar-refractivity contribution in [3.05, 3.63) is 18.3 Å². The molecule has 0 saturated heterocycles. The zero-order valence-electron chi connectivity index (χ0n) is 11.1. The Morgan fingerprint density at radius 1 is 1.29 bits per heavy atom. The minimum atomic E-state index is 0.520. The number of aromatic nitrogens is 1. The molecular formula is C14H23N3. The maximum absolute atomic E-state index is 5.66. The molecule has 1 saturated carbocycles. The van der Waals surface area contributed by atoms with E-state index >= 15 is 0 Å². The lowest BCUT2D eigenvalue weighted by Gasteiger charge is -2.39. The van der Waals surface area contributed by atoms with E-state index in [1.807, 2.05) is 12.1 Å². The van der Waals surface area contributed by atoms with E-state index in [-0.39, 0.29) is 0 Å². The number of nitrogens with two attached hydrogens (primary N) is 1. The summed E-state index contributed by atoms with van der Waals surface area (Å²) in [5, 5.41) is 0. The predicted molar refractivity (Wildman–Crippen MR) is 73.1 cm³/mol. The van der Waals surface area contributed by atoms with E-state index in [1.54, 1.807) is 6.20 Å². The summed E-state index contributed by atoms with van der Waals surface area (Å²) in [5.41, 5.74) is 6.91. The molecule has 94 valence electrons. The van der Waals surface area contributed by atoms with Gasteiger partial charge in [0, 0.05) is 13.1 Å². The highest BCUT2D eigenvalue weighted by Gasteiger charge is 2.29. The van der Waals surface area contributed by atoms with Crippen molar-refractivity contribution in [1.82, 2.24) is 4.98 Å². The van der Waals surface area contributed by atoms with Crippen molar-refractivity contribution >= 4 is 11.5 Å². The van der Waals surface area contributed by atoms with Gasteiger partial charge in [-0.3, -0.25) is 0 Å². The minimum Gasteiger partial charge on any atom is -0.397 e. The van der Waals surface area contributed by atoms with Gasteiger partial charge >= 0.3 is 0 Å². The summed E-state index contributed by atoms with van der Waals surface area (Å²) in [6.45, 7) is 4.73. The topological polar surface area (TPSA) is 42.1 Å². The Morgan fingerprint density at radius 3 is 2.47 bits per heavy atom. The summed E-state index contributed by atoms with van der Waals surface area (Å²) in [6.07, 6.45) is 6.86. The molecule has 1 aromatic rings. The van der Waals surface area contributed by atoms with Gasteiger partial charge in [-0.15, -0.1) is 0 Å². The maximum atomic E-state index is 5.66. The van der Waals surface area contributed by atoms with E-state index < -0.39 is 0 Å². The second-order valence-electron chi connectivity index (χ2n) is 5.96. The molecule has 0 unspecified atom stereocenters. The first-order chi connectivity index (χ1) is 7.98. The van der Waals surface area contributed by atoms with Crippen LogP contribution in [0.1, 0.15) is 39.5 Å². The fraction of sp³-hybridized carbons (Fsp3) is 0.643. The van der Waals surface area contributed by atoms with Crippen LogP contribution in [0.4, 0.5) is 11.5 Å². The fourth-order valence-corrected chi connectivity index (χ4v) is 2.56. The summed E-state index contributed by atoms with van der Waals surface area (Å²) in [5.74, 6) is 1.03. The third kappa shape index (κ3) is 2.90. The number of hydrogen-bond donors (Lipinski definition) is 1. The van der Waals surface area contributed by atoms with Gasteiger partial charge in [-0.2, -0.15) is 0 Å². The van der Waals surface area contributed by atoms with Gasteiger partial charge in [0.2, 0.25) is 0 Å². The highest BCUT2D eigenvalue weighted by molar-refractivity contribution is 5.45. The van der Waals surface area contributed by atoms with Crippen molar-refractivity contribution < 1.29 is 0 Å². The molecule has 1 aliphatic carbocycles. The average molecular weight is 233 g/mol. The molecule has 0 atom stereocenters. The van der Waals surface area contributed by atoms with Crippen molar-refractivity contribution in [3.8, 4) is 0 Å². The standard InChI is InChI=1S/C14H23N3/c1-14(2)8-6-12(7-9-14)17(3)13-5-4-11(15)10-16-13/h4-5,10,12H,6-9,15H2,1-3H3. The Kier molecular flexibility index (Phi) is 3.27. The Balaban J connectivity index is 2.01. The zero-order valence-corrected chi connectivity index (χ0v) is 11.1. The first-order valence-corrected chi connectivity index (χ1v) is 6.42. The zero-order chi connectivity index (χ0) is 12.5. The number of rotatable bonds is 2. The number of anilines is 2. The van der Waals surface area contributed by atoms with Crippen molar-refractivity contribution in [2.24, 2.45) is 5.41 Å². The largest absolute Gasteiger partial charge is 0.397 e. The summed E-state index contributed by atoms with van der Waals surface area (Å²) in [6, 6.07) is 4.56. The number of nitrogen functional groups attached to an aromatic ring is 1. The smallest absolute Gasteiger partial charge is 0.128 e. The van der Waals surface area contributed by atoms with Crippen LogP contribution in [0.5, 0.6) is 0 Å². The van der Waals surface area contributed by atoms with Gasteiger partial charge in [0.15, 0.2) is 0 Å². The molecule has 2 rings (SSSR count). The summed E-state index contributed by atoms with van der Waals surface area (Å²) < 4.78 is 0. The lowest BCUT2D eigenvalue weighted by Crippen LogP contribution is -2.37. The van der Waals surface area contributed by atoms with E-state index in [0.717, 1.165) is 11.5 Å². The Labute approximate surface area is 104 Å². The Bertz CT molecular complexity index is 360. The van der Waals surface area contributed by atoms with E-state index in [1.165, 1.54) is 25.7 Å². The maximum Gasteiger partial charge on any atom is 0.128 e. The normalized spacial score (nSPS) is 20.2. The molecular weight excluding hydrogens is 210 g/mol. The minimum absolute atomic E-state index is 0.520. The van der Waals surface area contributed by atoms with Crippen LogP contribution in [0.2, 0.25) is 0 Å². The van der Waals surface area contributed by atoms with Gasteiger partial charge in [-0.05, 0) is 43.2 Å². The summed E-state index contributed by atoms with van der Waals surface area (Å²) in [7, 11) is 2.14. The second kappa shape index (κ2) is 4.55. The molecule has 0 radical (unpaired) electrons. The fourth-order valence-electron chi connectivity index (χ4n) is 2.56.